The average molecular weight is 300 g/mol. The molecule has 112 valence electrons. The maximum Gasteiger partial charge on any atom is 0.242 e. The Hall–Kier alpha value is -0.890. The van der Waals surface area contributed by atoms with Gasteiger partial charge in [0.25, 0.3) is 0 Å². The zero-order valence-corrected chi connectivity index (χ0v) is 12.1. The van der Waals surface area contributed by atoms with Crippen LogP contribution >= 0.6 is 0 Å². The third-order valence-corrected chi connectivity index (χ3v) is 5.30. The SMILES string of the molecule is O=S(=O)(NCC1CCOC1)c1cc(CO)n(C2CC2)c1. The van der Waals surface area contributed by atoms with Gasteiger partial charge in [0, 0.05) is 31.1 Å². The molecule has 0 radical (unpaired) electrons. The average Bonchev–Trinajstić information content (AvgIpc) is 2.98. The lowest BCUT2D eigenvalue weighted by atomic mass is 10.1. The molecule has 1 saturated carbocycles. The molecule has 2 heterocycles. The van der Waals surface area contributed by atoms with Gasteiger partial charge in [0.2, 0.25) is 10.0 Å². The molecule has 20 heavy (non-hydrogen) atoms. The highest BCUT2D eigenvalue weighted by Crippen LogP contribution is 2.37. The summed E-state index contributed by atoms with van der Waals surface area (Å²) in [7, 11) is -3.50. The lowest BCUT2D eigenvalue weighted by Crippen LogP contribution is -2.29. The van der Waals surface area contributed by atoms with Gasteiger partial charge in [-0.3, -0.25) is 0 Å². The number of aliphatic hydroxyl groups is 1. The maximum absolute atomic E-state index is 12.3. The third-order valence-electron chi connectivity index (χ3n) is 3.91. The van der Waals surface area contributed by atoms with E-state index in [9.17, 15) is 13.5 Å². The summed E-state index contributed by atoms with van der Waals surface area (Å²) in [5, 5.41) is 9.32. The second kappa shape index (κ2) is 5.48. The molecule has 3 rings (SSSR count). The first-order valence-electron chi connectivity index (χ1n) is 6.99. The van der Waals surface area contributed by atoms with Crippen LogP contribution < -0.4 is 4.72 Å². The largest absolute Gasteiger partial charge is 0.390 e. The van der Waals surface area contributed by atoms with Gasteiger partial charge in [-0.15, -0.1) is 0 Å². The molecular formula is C13H20N2O4S. The standard InChI is InChI=1S/C13H20N2O4S/c16-8-12-5-13(7-15(12)11-1-2-11)20(17,18)14-6-10-3-4-19-9-10/h5,7,10-11,14,16H,1-4,6,8-9H2. The first-order valence-corrected chi connectivity index (χ1v) is 8.47. The van der Waals surface area contributed by atoms with Crippen molar-refractivity contribution >= 4 is 10.0 Å². The molecule has 2 N–H and O–H groups in total. The molecular weight excluding hydrogens is 280 g/mol. The van der Waals surface area contributed by atoms with Crippen LogP contribution in [0.1, 0.15) is 31.0 Å². The van der Waals surface area contributed by atoms with Crippen molar-refractivity contribution in [2.45, 2.75) is 36.8 Å². The molecule has 1 unspecified atom stereocenters. The number of nitrogens with one attached hydrogen (secondary N) is 1. The summed E-state index contributed by atoms with van der Waals surface area (Å²) in [6, 6.07) is 1.91. The quantitative estimate of drug-likeness (QED) is 0.807. The molecule has 0 aromatic carbocycles. The summed E-state index contributed by atoms with van der Waals surface area (Å²) >= 11 is 0. The van der Waals surface area contributed by atoms with Crippen LogP contribution in [0.25, 0.3) is 0 Å². The Morgan fingerprint density at radius 1 is 1.40 bits per heavy atom. The minimum absolute atomic E-state index is 0.136. The first kappa shape index (κ1) is 14.1. The molecule has 1 aliphatic heterocycles. The van der Waals surface area contributed by atoms with Crippen molar-refractivity contribution in [3.05, 3.63) is 18.0 Å². The van der Waals surface area contributed by atoms with Gasteiger partial charge in [0.1, 0.15) is 0 Å². The van der Waals surface area contributed by atoms with Gasteiger partial charge in [-0.2, -0.15) is 0 Å². The molecule has 6 nitrogen and oxygen atoms in total. The molecule has 0 bridgehead atoms. The van der Waals surface area contributed by atoms with Crippen LogP contribution in [-0.4, -0.2) is 37.8 Å². The Kier molecular flexibility index (Phi) is 3.85. The summed E-state index contributed by atoms with van der Waals surface area (Å²) in [5.41, 5.74) is 0.664. The van der Waals surface area contributed by atoms with Crippen molar-refractivity contribution in [3.63, 3.8) is 0 Å². The van der Waals surface area contributed by atoms with E-state index in [0.29, 0.717) is 31.5 Å². The number of sulfonamides is 1. The Labute approximate surface area is 118 Å². The number of aliphatic hydroxyl groups excluding tert-OH is 1. The minimum atomic E-state index is -3.50. The van der Waals surface area contributed by atoms with E-state index in [4.69, 9.17) is 4.74 Å². The van der Waals surface area contributed by atoms with E-state index in [0.717, 1.165) is 19.3 Å². The summed E-state index contributed by atoms with van der Waals surface area (Å²) in [4.78, 5) is 0.243. The fourth-order valence-corrected chi connectivity index (χ4v) is 3.68. The van der Waals surface area contributed by atoms with Crippen LogP contribution in [0.5, 0.6) is 0 Å². The van der Waals surface area contributed by atoms with Crippen molar-refractivity contribution in [2.75, 3.05) is 19.8 Å². The monoisotopic (exact) mass is 300 g/mol. The van der Waals surface area contributed by atoms with Gasteiger partial charge in [-0.25, -0.2) is 13.1 Å². The van der Waals surface area contributed by atoms with Crippen LogP contribution in [0, 0.1) is 5.92 Å². The lowest BCUT2D eigenvalue weighted by Gasteiger charge is -2.09. The van der Waals surface area contributed by atoms with E-state index in [1.165, 1.54) is 0 Å². The number of ether oxygens (including phenoxy) is 1. The number of nitrogens with zero attached hydrogens (tertiary/aromatic N) is 1. The molecule has 1 aliphatic carbocycles. The molecule has 7 heteroatoms. The van der Waals surface area contributed by atoms with Crippen LogP contribution in [0.15, 0.2) is 17.2 Å². The molecule has 2 aliphatic rings. The third kappa shape index (κ3) is 2.90. The summed E-state index contributed by atoms with van der Waals surface area (Å²) in [5.74, 6) is 0.257. The number of hydrogen-bond donors (Lipinski definition) is 2. The Balaban J connectivity index is 1.72. The van der Waals surface area contributed by atoms with E-state index < -0.39 is 10.0 Å². The normalized spacial score (nSPS) is 23.4. The van der Waals surface area contributed by atoms with Crippen LogP contribution in [0.3, 0.4) is 0 Å². The lowest BCUT2D eigenvalue weighted by molar-refractivity contribution is 0.186. The van der Waals surface area contributed by atoms with Crippen molar-refractivity contribution in [2.24, 2.45) is 5.92 Å². The molecule has 2 fully saturated rings. The zero-order valence-electron chi connectivity index (χ0n) is 11.3. The van der Waals surface area contributed by atoms with Gasteiger partial charge in [-0.1, -0.05) is 0 Å². The van der Waals surface area contributed by atoms with E-state index in [2.05, 4.69) is 4.72 Å². The van der Waals surface area contributed by atoms with E-state index in [1.807, 2.05) is 4.57 Å². The molecule has 1 atom stereocenters. The van der Waals surface area contributed by atoms with E-state index in [1.54, 1.807) is 12.3 Å². The Bertz CT molecular complexity index is 571. The van der Waals surface area contributed by atoms with Gasteiger partial charge in [0.15, 0.2) is 0 Å². The summed E-state index contributed by atoms with van der Waals surface area (Å²) < 4.78 is 34.3. The molecule has 1 saturated heterocycles. The van der Waals surface area contributed by atoms with Crippen LogP contribution in [0.2, 0.25) is 0 Å². The van der Waals surface area contributed by atoms with Gasteiger partial charge in [0.05, 0.1) is 18.1 Å². The number of hydrogen-bond acceptors (Lipinski definition) is 4. The second-order valence-electron chi connectivity index (χ2n) is 5.55. The fourth-order valence-electron chi connectivity index (χ4n) is 2.52. The Morgan fingerprint density at radius 2 is 2.20 bits per heavy atom. The topological polar surface area (TPSA) is 80.6 Å². The van der Waals surface area contributed by atoms with Gasteiger partial charge < -0.3 is 14.4 Å². The van der Waals surface area contributed by atoms with Gasteiger partial charge in [-0.05, 0) is 31.2 Å². The van der Waals surface area contributed by atoms with E-state index >= 15 is 0 Å². The molecule has 0 amide bonds. The van der Waals surface area contributed by atoms with E-state index in [-0.39, 0.29) is 17.4 Å². The maximum atomic E-state index is 12.3. The zero-order chi connectivity index (χ0) is 14.2. The molecule has 0 spiro atoms. The molecule has 1 aromatic rings. The molecule has 1 aromatic heterocycles. The van der Waals surface area contributed by atoms with Gasteiger partial charge >= 0.3 is 0 Å². The van der Waals surface area contributed by atoms with Crippen LogP contribution in [0.4, 0.5) is 0 Å². The predicted octanol–water partition coefficient (Wildman–Crippen LogP) is 0.630. The predicted molar refractivity (Wildman–Crippen MR) is 72.7 cm³/mol. The van der Waals surface area contributed by atoms with Crippen molar-refractivity contribution in [3.8, 4) is 0 Å². The first-order chi connectivity index (χ1) is 9.60. The van der Waals surface area contributed by atoms with Crippen molar-refractivity contribution in [1.29, 1.82) is 0 Å². The summed E-state index contributed by atoms with van der Waals surface area (Å²) in [6.45, 7) is 1.60. The number of rotatable bonds is 6. The Morgan fingerprint density at radius 3 is 2.80 bits per heavy atom. The highest BCUT2D eigenvalue weighted by Gasteiger charge is 2.28. The minimum Gasteiger partial charge on any atom is -0.390 e. The van der Waals surface area contributed by atoms with Crippen LogP contribution in [-0.2, 0) is 21.4 Å². The highest BCUT2D eigenvalue weighted by atomic mass is 32.2. The van der Waals surface area contributed by atoms with Crippen molar-refractivity contribution < 1.29 is 18.3 Å². The highest BCUT2D eigenvalue weighted by molar-refractivity contribution is 7.89. The summed E-state index contributed by atoms with van der Waals surface area (Å²) in [6.07, 6.45) is 4.63. The fraction of sp³-hybridized carbons (Fsp3) is 0.692. The second-order valence-corrected chi connectivity index (χ2v) is 7.31. The van der Waals surface area contributed by atoms with Crippen molar-refractivity contribution in [1.82, 2.24) is 9.29 Å². The smallest absolute Gasteiger partial charge is 0.242 e. The number of aromatic nitrogens is 1.